The van der Waals surface area contributed by atoms with Crippen LogP contribution in [0.1, 0.15) is 26.7 Å². The monoisotopic (exact) mass is 269 g/mol. The summed E-state index contributed by atoms with van der Waals surface area (Å²) in [4.78, 5) is 0. The minimum Gasteiger partial charge on any atom is -0.387 e. The summed E-state index contributed by atoms with van der Waals surface area (Å²) in [5.74, 6) is 0.709. The van der Waals surface area contributed by atoms with E-state index >= 15 is 0 Å². The lowest BCUT2D eigenvalue weighted by molar-refractivity contribution is -0.0932. The molecule has 0 aromatic rings. The molecule has 0 unspecified atom stereocenters. The molecule has 0 radical (unpaired) electrons. The third-order valence-corrected chi connectivity index (χ3v) is 5.27. The van der Waals surface area contributed by atoms with Crippen molar-refractivity contribution in [1.29, 1.82) is 0 Å². The summed E-state index contributed by atoms with van der Waals surface area (Å²) in [6, 6.07) is 0. The molecule has 16 heavy (non-hydrogen) atoms. The van der Waals surface area contributed by atoms with Gasteiger partial charge in [-0.1, -0.05) is 13.8 Å². The lowest BCUT2D eigenvalue weighted by Gasteiger charge is -2.47. The molecule has 0 aliphatic carbocycles. The van der Waals surface area contributed by atoms with Crippen molar-refractivity contribution in [2.45, 2.75) is 32.3 Å². The van der Waals surface area contributed by atoms with Gasteiger partial charge in [-0.3, -0.25) is 0 Å². The molecular formula is C10H20ClNO3S. The first-order chi connectivity index (χ1) is 7.32. The van der Waals surface area contributed by atoms with Gasteiger partial charge in [0.15, 0.2) is 0 Å². The van der Waals surface area contributed by atoms with Crippen LogP contribution in [0.3, 0.4) is 0 Å². The van der Waals surface area contributed by atoms with Crippen molar-refractivity contribution in [3.05, 3.63) is 0 Å². The van der Waals surface area contributed by atoms with Crippen LogP contribution < -0.4 is 0 Å². The van der Waals surface area contributed by atoms with Crippen LogP contribution in [0.2, 0.25) is 0 Å². The van der Waals surface area contributed by atoms with Gasteiger partial charge in [-0.15, -0.1) is 11.6 Å². The molecule has 1 aliphatic rings. The third-order valence-electron chi connectivity index (χ3n) is 3.15. The first kappa shape index (κ1) is 14.2. The lowest BCUT2D eigenvalue weighted by atomic mass is 9.85. The predicted octanol–water partition coefficient (Wildman–Crippen LogP) is 1.04. The first-order valence-corrected chi connectivity index (χ1v) is 7.72. The van der Waals surface area contributed by atoms with Gasteiger partial charge >= 0.3 is 0 Å². The summed E-state index contributed by atoms with van der Waals surface area (Å²) in [5, 5.41) is 9.97. The fraction of sp³-hybridized carbons (Fsp3) is 1.00. The third kappa shape index (κ3) is 3.09. The maximum atomic E-state index is 11.8. The quantitative estimate of drug-likeness (QED) is 0.579. The van der Waals surface area contributed by atoms with Crippen LogP contribution in [0.5, 0.6) is 0 Å². The Morgan fingerprint density at radius 2 is 1.94 bits per heavy atom. The molecule has 1 fully saturated rings. The molecule has 0 spiro atoms. The van der Waals surface area contributed by atoms with E-state index < -0.39 is 15.6 Å². The minimum absolute atomic E-state index is 0.0850. The molecule has 1 N–H and O–H groups in total. The minimum atomic E-state index is -3.19. The maximum absolute atomic E-state index is 11.8. The average Bonchev–Trinajstić information content (AvgIpc) is 2.12. The molecule has 0 aromatic carbocycles. The van der Waals surface area contributed by atoms with Crippen LogP contribution in [0.15, 0.2) is 0 Å². The predicted molar refractivity (Wildman–Crippen MR) is 65.1 cm³/mol. The Morgan fingerprint density at radius 1 is 1.38 bits per heavy atom. The van der Waals surface area contributed by atoms with Gasteiger partial charge in [0, 0.05) is 19.0 Å². The molecule has 0 amide bonds. The zero-order chi connectivity index (χ0) is 12.4. The van der Waals surface area contributed by atoms with Gasteiger partial charge in [-0.25, -0.2) is 8.42 Å². The molecule has 96 valence electrons. The lowest BCUT2D eigenvalue weighted by Crippen LogP contribution is -2.66. The zero-order valence-corrected chi connectivity index (χ0v) is 11.4. The maximum Gasteiger partial charge on any atom is 0.214 e. The van der Waals surface area contributed by atoms with Crippen molar-refractivity contribution in [3.8, 4) is 0 Å². The molecule has 1 aliphatic heterocycles. The van der Waals surface area contributed by atoms with Crippen LogP contribution in [0.25, 0.3) is 0 Å². The summed E-state index contributed by atoms with van der Waals surface area (Å²) in [6.07, 6.45) is 1.30. The Bertz CT molecular complexity index is 323. The average molecular weight is 270 g/mol. The van der Waals surface area contributed by atoms with Gasteiger partial charge in [0.05, 0.1) is 11.4 Å². The Hall–Kier alpha value is 0.160. The summed E-state index contributed by atoms with van der Waals surface area (Å²) < 4.78 is 24.9. The number of halogens is 1. The van der Waals surface area contributed by atoms with E-state index in [1.165, 1.54) is 4.31 Å². The fourth-order valence-electron chi connectivity index (χ4n) is 1.63. The SMILES string of the molecule is CC(C)C1(O)CN(S(=O)(=O)CCCCCl)C1. The number of sulfonamides is 1. The van der Waals surface area contributed by atoms with E-state index in [1.54, 1.807) is 0 Å². The van der Waals surface area contributed by atoms with Gasteiger partial charge in [0.2, 0.25) is 10.0 Å². The van der Waals surface area contributed by atoms with Crippen LogP contribution >= 0.6 is 11.6 Å². The Balaban J connectivity index is 2.44. The van der Waals surface area contributed by atoms with Gasteiger partial charge in [0.1, 0.15) is 0 Å². The van der Waals surface area contributed by atoms with E-state index in [1.807, 2.05) is 13.8 Å². The van der Waals surface area contributed by atoms with E-state index in [4.69, 9.17) is 11.6 Å². The first-order valence-electron chi connectivity index (χ1n) is 5.58. The van der Waals surface area contributed by atoms with Crippen molar-refractivity contribution in [2.75, 3.05) is 24.7 Å². The largest absolute Gasteiger partial charge is 0.387 e. The second-order valence-electron chi connectivity index (χ2n) is 4.74. The van der Waals surface area contributed by atoms with Crippen LogP contribution in [-0.2, 0) is 10.0 Å². The standard InChI is InChI=1S/C10H20ClNO3S/c1-9(2)10(13)7-12(8-10)16(14,15)6-4-3-5-11/h9,13H,3-8H2,1-2H3. The van der Waals surface area contributed by atoms with Crippen molar-refractivity contribution in [3.63, 3.8) is 0 Å². The summed E-state index contributed by atoms with van der Waals surface area (Å²) in [5.41, 5.74) is -0.834. The van der Waals surface area contributed by atoms with Crippen molar-refractivity contribution in [1.82, 2.24) is 4.31 Å². The highest BCUT2D eigenvalue weighted by Gasteiger charge is 2.48. The van der Waals surface area contributed by atoms with E-state index in [0.717, 1.165) is 0 Å². The molecule has 1 saturated heterocycles. The molecule has 6 heteroatoms. The zero-order valence-electron chi connectivity index (χ0n) is 9.82. The highest BCUT2D eigenvalue weighted by molar-refractivity contribution is 7.89. The molecule has 0 atom stereocenters. The molecule has 1 heterocycles. The number of β-amino-alcohol motifs (C(OH)–C–C–N with tert-alkyl or cyclic N) is 1. The summed E-state index contributed by atoms with van der Waals surface area (Å²) in [6.45, 7) is 4.26. The molecule has 0 bridgehead atoms. The van der Waals surface area contributed by atoms with Crippen molar-refractivity contribution in [2.24, 2.45) is 5.92 Å². The number of hydrogen-bond acceptors (Lipinski definition) is 3. The van der Waals surface area contributed by atoms with E-state index in [9.17, 15) is 13.5 Å². The Kier molecular flexibility index (Phi) is 4.63. The van der Waals surface area contributed by atoms with Gasteiger partial charge in [-0.2, -0.15) is 4.31 Å². The van der Waals surface area contributed by atoms with Gasteiger partial charge in [0.25, 0.3) is 0 Å². The molecular weight excluding hydrogens is 250 g/mol. The number of unbranched alkanes of at least 4 members (excludes halogenated alkanes) is 1. The second-order valence-corrected chi connectivity index (χ2v) is 7.20. The Labute approximate surface area is 103 Å². The highest BCUT2D eigenvalue weighted by atomic mass is 35.5. The number of hydrogen-bond donors (Lipinski definition) is 1. The van der Waals surface area contributed by atoms with Crippen LogP contribution in [0.4, 0.5) is 0 Å². The topological polar surface area (TPSA) is 57.6 Å². The van der Waals surface area contributed by atoms with E-state index in [2.05, 4.69) is 0 Å². The highest BCUT2D eigenvalue weighted by Crippen LogP contribution is 2.30. The second kappa shape index (κ2) is 5.21. The van der Waals surface area contributed by atoms with E-state index in [-0.39, 0.29) is 24.8 Å². The molecule has 0 saturated carbocycles. The number of nitrogens with zero attached hydrogens (tertiary/aromatic N) is 1. The summed E-state index contributed by atoms with van der Waals surface area (Å²) >= 11 is 5.50. The summed E-state index contributed by atoms with van der Waals surface area (Å²) in [7, 11) is -3.19. The van der Waals surface area contributed by atoms with Crippen LogP contribution in [-0.4, -0.2) is 48.2 Å². The molecule has 4 nitrogen and oxygen atoms in total. The normalized spacial score (nSPS) is 21.1. The van der Waals surface area contributed by atoms with Gasteiger partial charge in [-0.05, 0) is 18.8 Å². The number of rotatable bonds is 6. The van der Waals surface area contributed by atoms with Crippen molar-refractivity contribution >= 4 is 21.6 Å². The number of alkyl halides is 1. The van der Waals surface area contributed by atoms with Crippen LogP contribution in [0, 0.1) is 5.92 Å². The Morgan fingerprint density at radius 3 is 2.38 bits per heavy atom. The number of aliphatic hydroxyl groups is 1. The fourth-order valence-corrected chi connectivity index (χ4v) is 3.49. The van der Waals surface area contributed by atoms with Crippen molar-refractivity contribution < 1.29 is 13.5 Å². The molecule has 1 rings (SSSR count). The van der Waals surface area contributed by atoms with Gasteiger partial charge < -0.3 is 5.11 Å². The molecule has 0 aromatic heterocycles. The smallest absolute Gasteiger partial charge is 0.214 e. The van der Waals surface area contributed by atoms with E-state index in [0.29, 0.717) is 18.7 Å².